The zero-order chi connectivity index (χ0) is 10.0. The van der Waals surface area contributed by atoms with Crippen molar-refractivity contribution >= 4 is 0 Å². The first-order valence-electron chi connectivity index (χ1n) is 4.19. The highest BCUT2D eigenvalue weighted by Gasteiger charge is 2.11. The lowest BCUT2D eigenvalue weighted by atomic mass is 9.98. The summed E-state index contributed by atoms with van der Waals surface area (Å²) in [5, 5.41) is 9.11. The van der Waals surface area contributed by atoms with Crippen molar-refractivity contribution in [1.29, 1.82) is 0 Å². The molecule has 0 fully saturated rings. The van der Waals surface area contributed by atoms with Gasteiger partial charge in [0.15, 0.2) is 5.88 Å². The number of nitrogens with two attached hydrogens (primary N) is 1. The molecule has 0 bridgehead atoms. The van der Waals surface area contributed by atoms with E-state index in [1.807, 2.05) is 13.8 Å². The van der Waals surface area contributed by atoms with Crippen molar-refractivity contribution in [2.45, 2.75) is 19.9 Å². The van der Waals surface area contributed by atoms with Gasteiger partial charge in [-0.15, -0.1) is 0 Å². The summed E-state index contributed by atoms with van der Waals surface area (Å²) in [6, 6.07) is 2.67. The molecule has 1 aromatic heterocycles. The number of hydrogen-bond donors (Lipinski definition) is 3. The third-order valence-electron chi connectivity index (χ3n) is 1.96. The lowest BCUT2D eigenvalue weighted by molar-refractivity contribution is 0.446. The first-order valence-corrected chi connectivity index (χ1v) is 4.19. The Bertz CT molecular complexity index is 344. The predicted octanol–water partition coefficient (Wildman–Crippen LogP) is 0.736. The largest absolute Gasteiger partial charge is 0.495 e. The fourth-order valence-electron chi connectivity index (χ4n) is 1.13. The molecule has 1 atom stereocenters. The van der Waals surface area contributed by atoms with E-state index in [9.17, 15) is 4.79 Å². The second kappa shape index (κ2) is 3.62. The maximum atomic E-state index is 11.0. The van der Waals surface area contributed by atoms with Crippen LogP contribution in [0.3, 0.4) is 0 Å². The third-order valence-corrected chi connectivity index (χ3v) is 1.96. The molecule has 0 saturated carbocycles. The van der Waals surface area contributed by atoms with Crippen LogP contribution in [0, 0.1) is 5.92 Å². The van der Waals surface area contributed by atoms with E-state index in [1.54, 1.807) is 0 Å². The van der Waals surface area contributed by atoms with Gasteiger partial charge in [0.25, 0.3) is 5.56 Å². The average molecular weight is 182 g/mol. The summed E-state index contributed by atoms with van der Waals surface area (Å²) in [5.41, 5.74) is 6.15. The molecule has 0 aliphatic heterocycles. The van der Waals surface area contributed by atoms with E-state index in [-0.39, 0.29) is 23.4 Å². The number of hydrogen-bond acceptors (Lipinski definition) is 3. The molecule has 4 nitrogen and oxygen atoms in total. The molecule has 0 aliphatic rings. The van der Waals surface area contributed by atoms with Crippen molar-refractivity contribution in [3.8, 4) is 5.88 Å². The van der Waals surface area contributed by atoms with Gasteiger partial charge in [0.05, 0.1) is 0 Å². The summed E-state index contributed by atoms with van der Waals surface area (Å²) >= 11 is 0. The Morgan fingerprint density at radius 2 is 2.08 bits per heavy atom. The maximum absolute atomic E-state index is 11.0. The van der Waals surface area contributed by atoms with Gasteiger partial charge < -0.3 is 10.8 Å². The minimum Gasteiger partial charge on any atom is -0.495 e. The van der Waals surface area contributed by atoms with E-state index in [2.05, 4.69) is 4.98 Å². The lowest BCUT2D eigenvalue weighted by Gasteiger charge is -2.15. The minimum absolute atomic E-state index is 0.140. The van der Waals surface area contributed by atoms with E-state index in [1.165, 1.54) is 12.1 Å². The normalized spacial score (nSPS) is 13.2. The Hall–Kier alpha value is -1.29. The van der Waals surface area contributed by atoms with E-state index in [4.69, 9.17) is 10.8 Å². The van der Waals surface area contributed by atoms with Crippen LogP contribution >= 0.6 is 0 Å². The molecule has 0 aliphatic carbocycles. The van der Waals surface area contributed by atoms with Gasteiger partial charge in [0.1, 0.15) is 0 Å². The van der Waals surface area contributed by atoms with Crippen LogP contribution in [0.15, 0.2) is 16.9 Å². The van der Waals surface area contributed by atoms with Crippen LogP contribution in [0.4, 0.5) is 0 Å². The molecule has 0 spiro atoms. The number of pyridine rings is 1. The number of aromatic hydroxyl groups is 1. The van der Waals surface area contributed by atoms with Crippen molar-refractivity contribution in [3.63, 3.8) is 0 Å². The molecule has 0 unspecified atom stereocenters. The fraction of sp³-hybridized carbons (Fsp3) is 0.444. The molecule has 72 valence electrons. The molecular formula is C9H14N2O2. The molecule has 1 aromatic rings. The van der Waals surface area contributed by atoms with Crippen LogP contribution in [0.5, 0.6) is 5.88 Å². The maximum Gasteiger partial charge on any atom is 0.250 e. The molecule has 0 aromatic carbocycles. The molecule has 13 heavy (non-hydrogen) atoms. The molecule has 4 heteroatoms. The first-order chi connectivity index (χ1) is 6.00. The first kappa shape index (κ1) is 9.80. The van der Waals surface area contributed by atoms with Gasteiger partial charge in [0, 0.05) is 18.2 Å². The topological polar surface area (TPSA) is 79.1 Å². The molecule has 1 heterocycles. The van der Waals surface area contributed by atoms with Gasteiger partial charge in [-0.25, -0.2) is 0 Å². The molecule has 4 N–H and O–H groups in total. The molecule has 0 radical (unpaired) electrons. The van der Waals surface area contributed by atoms with Gasteiger partial charge in [-0.1, -0.05) is 13.8 Å². The summed E-state index contributed by atoms with van der Waals surface area (Å²) in [5.74, 6) is 0.0970. The Labute approximate surface area is 76.4 Å². The summed E-state index contributed by atoms with van der Waals surface area (Å²) in [7, 11) is 0. The predicted molar refractivity (Wildman–Crippen MR) is 50.5 cm³/mol. The monoisotopic (exact) mass is 182 g/mol. The summed E-state index contributed by atoms with van der Waals surface area (Å²) in [4.78, 5) is 13.2. The molecule has 0 amide bonds. The highest BCUT2D eigenvalue weighted by Crippen LogP contribution is 2.18. The standard InChI is InChI=1S/C9H14N2O2/c1-5(2)9(10)6-3-7(12)11-8(13)4-6/h3-5,9H,10H2,1-2H3,(H2,11,12,13)/t9-/m0/s1. The van der Waals surface area contributed by atoms with Gasteiger partial charge in [-0.05, 0) is 11.5 Å². The highest BCUT2D eigenvalue weighted by molar-refractivity contribution is 5.22. The molecule has 0 saturated heterocycles. The smallest absolute Gasteiger partial charge is 0.250 e. The van der Waals surface area contributed by atoms with Crippen LogP contribution in [0.25, 0.3) is 0 Å². The summed E-state index contributed by atoms with van der Waals surface area (Å²) in [6.45, 7) is 3.92. The second-order valence-corrected chi connectivity index (χ2v) is 3.43. The van der Waals surface area contributed by atoms with Crippen LogP contribution in [0.1, 0.15) is 25.5 Å². The van der Waals surface area contributed by atoms with Crippen LogP contribution in [0.2, 0.25) is 0 Å². The Morgan fingerprint density at radius 1 is 1.46 bits per heavy atom. The quantitative estimate of drug-likeness (QED) is 0.631. The van der Waals surface area contributed by atoms with Gasteiger partial charge >= 0.3 is 0 Å². The van der Waals surface area contributed by atoms with E-state index in [0.717, 1.165) is 0 Å². The highest BCUT2D eigenvalue weighted by atomic mass is 16.3. The zero-order valence-electron chi connectivity index (χ0n) is 7.74. The van der Waals surface area contributed by atoms with Gasteiger partial charge in [0.2, 0.25) is 0 Å². The molecular weight excluding hydrogens is 168 g/mol. The fourth-order valence-corrected chi connectivity index (χ4v) is 1.13. The van der Waals surface area contributed by atoms with Crippen LogP contribution < -0.4 is 11.3 Å². The van der Waals surface area contributed by atoms with Crippen LogP contribution in [-0.2, 0) is 0 Å². The second-order valence-electron chi connectivity index (χ2n) is 3.43. The van der Waals surface area contributed by atoms with Gasteiger partial charge in [-0.3, -0.25) is 9.78 Å². The number of nitrogens with one attached hydrogen (secondary N) is 1. The van der Waals surface area contributed by atoms with E-state index >= 15 is 0 Å². The van der Waals surface area contributed by atoms with Crippen molar-refractivity contribution in [2.24, 2.45) is 11.7 Å². The van der Waals surface area contributed by atoms with Crippen molar-refractivity contribution in [3.05, 3.63) is 28.0 Å². The van der Waals surface area contributed by atoms with E-state index in [0.29, 0.717) is 5.56 Å². The third kappa shape index (κ3) is 2.32. The van der Waals surface area contributed by atoms with E-state index < -0.39 is 0 Å². The Morgan fingerprint density at radius 3 is 2.54 bits per heavy atom. The van der Waals surface area contributed by atoms with Crippen molar-refractivity contribution in [1.82, 2.24) is 4.98 Å². The molecule has 1 rings (SSSR count). The SMILES string of the molecule is CC(C)[C@H](N)c1cc(O)[nH]c(=O)c1. The Balaban J connectivity index is 3.08. The van der Waals surface area contributed by atoms with Gasteiger partial charge in [-0.2, -0.15) is 0 Å². The lowest BCUT2D eigenvalue weighted by Crippen LogP contribution is -2.19. The Kier molecular flexibility index (Phi) is 2.72. The zero-order valence-corrected chi connectivity index (χ0v) is 7.74. The van der Waals surface area contributed by atoms with Crippen molar-refractivity contribution in [2.75, 3.05) is 0 Å². The number of rotatable bonds is 2. The van der Waals surface area contributed by atoms with Crippen molar-refractivity contribution < 1.29 is 5.11 Å². The number of aromatic nitrogens is 1. The number of H-pyrrole nitrogens is 1. The minimum atomic E-state index is -0.328. The van der Waals surface area contributed by atoms with Crippen LogP contribution in [-0.4, -0.2) is 10.1 Å². The summed E-state index contributed by atoms with van der Waals surface area (Å²) in [6.07, 6.45) is 0. The average Bonchev–Trinajstić information content (AvgIpc) is 2.01. The number of aromatic amines is 1. The summed E-state index contributed by atoms with van der Waals surface area (Å²) < 4.78 is 0.